The standard InChI is InChI=1S/C14H24N2/c1-3-4-5-6-7-10-16-11-8-14(2,13-15)9-12-16/h3H,1,4-12H2,2H3. The number of allylic oxidation sites excluding steroid dienone is 1. The lowest BCUT2D eigenvalue weighted by Crippen LogP contribution is -2.38. The molecule has 0 radical (unpaired) electrons. The van der Waals surface area contributed by atoms with Crippen molar-refractivity contribution in [3.05, 3.63) is 12.7 Å². The van der Waals surface area contributed by atoms with Crippen LogP contribution in [0.5, 0.6) is 0 Å². The molecular formula is C14H24N2. The highest BCUT2D eigenvalue weighted by Gasteiger charge is 2.29. The van der Waals surface area contributed by atoms with Gasteiger partial charge < -0.3 is 4.90 Å². The van der Waals surface area contributed by atoms with Gasteiger partial charge in [0.15, 0.2) is 0 Å². The quantitative estimate of drug-likeness (QED) is 0.507. The van der Waals surface area contributed by atoms with Crippen molar-refractivity contribution in [2.45, 2.75) is 45.4 Å². The minimum Gasteiger partial charge on any atom is -0.303 e. The van der Waals surface area contributed by atoms with Gasteiger partial charge in [0.1, 0.15) is 0 Å². The maximum Gasteiger partial charge on any atom is 0.0687 e. The summed E-state index contributed by atoms with van der Waals surface area (Å²) in [5, 5.41) is 9.03. The van der Waals surface area contributed by atoms with Gasteiger partial charge in [0, 0.05) is 0 Å². The first-order valence-electron chi connectivity index (χ1n) is 6.45. The van der Waals surface area contributed by atoms with E-state index in [0.29, 0.717) is 0 Å². The second kappa shape index (κ2) is 6.70. The first-order valence-corrected chi connectivity index (χ1v) is 6.45. The molecule has 0 N–H and O–H groups in total. The lowest BCUT2D eigenvalue weighted by Gasteiger charge is -2.34. The van der Waals surface area contributed by atoms with Gasteiger partial charge in [0.05, 0.1) is 11.5 Å². The van der Waals surface area contributed by atoms with Crippen LogP contribution in [0.1, 0.15) is 45.4 Å². The van der Waals surface area contributed by atoms with E-state index >= 15 is 0 Å². The summed E-state index contributed by atoms with van der Waals surface area (Å²) < 4.78 is 0. The summed E-state index contributed by atoms with van der Waals surface area (Å²) in [7, 11) is 0. The summed E-state index contributed by atoms with van der Waals surface area (Å²) in [6, 6.07) is 2.45. The van der Waals surface area contributed by atoms with Crippen LogP contribution < -0.4 is 0 Å². The van der Waals surface area contributed by atoms with E-state index < -0.39 is 0 Å². The molecule has 2 nitrogen and oxygen atoms in total. The van der Waals surface area contributed by atoms with Gasteiger partial charge in [-0.25, -0.2) is 0 Å². The maximum absolute atomic E-state index is 9.03. The van der Waals surface area contributed by atoms with Gasteiger partial charge in [-0.2, -0.15) is 5.26 Å². The molecule has 1 aliphatic rings. The monoisotopic (exact) mass is 220 g/mol. The Morgan fingerprint density at radius 1 is 1.31 bits per heavy atom. The summed E-state index contributed by atoms with van der Waals surface area (Å²) in [4.78, 5) is 2.51. The first kappa shape index (κ1) is 13.3. The average molecular weight is 220 g/mol. The van der Waals surface area contributed by atoms with Crippen molar-refractivity contribution in [1.29, 1.82) is 5.26 Å². The van der Waals surface area contributed by atoms with Crippen LogP contribution >= 0.6 is 0 Å². The molecule has 0 aromatic carbocycles. The van der Waals surface area contributed by atoms with E-state index in [1.165, 1.54) is 25.8 Å². The van der Waals surface area contributed by atoms with Gasteiger partial charge in [-0.1, -0.05) is 12.5 Å². The van der Waals surface area contributed by atoms with Crippen molar-refractivity contribution in [3.63, 3.8) is 0 Å². The number of unbranched alkanes of at least 4 members (excludes halogenated alkanes) is 3. The number of likely N-dealkylation sites (tertiary alicyclic amines) is 1. The molecule has 0 aliphatic carbocycles. The van der Waals surface area contributed by atoms with Crippen molar-refractivity contribution in [2.75, 3.05) is 19.6 Å². The Labute approximate surface area is 99.9 Å². The number of hydrogen-bond donors (Lipinski definition) is 0. The third-order valence-corrected chi connectivity index (χ3v) is 3.61. The molecule has 90 valence electrons. The molecule has 0 aromatic heterocycles. The Balaban J connectivity index is 2.09. The fraction of sp³-hybridized carbons (Fsp3) is 0.786. The Morgan fingerprint density at radius 2 is 2.00 bits per heavy atom. The first-order chi connectivity index (χ1) is 7.70. The molecule has 2 heteroatoms. The van der Waals surface area contributed by atoms with Crippen LogP contribution in [0.25, 0.3) is 0 Å². The number of rotatable bonds is 6. The predicted octanol–water partition coefficient (Wildman–Crippen LogP) is 3.36. The van der Waals surface area contributed by atoms with Crippen LogP contribution in [-0.2, 0) is 0 Å². The number of piperidine rings is 1. The fourth-order valence-electron chi connectivity index (χ4n) is 2.18. The van der Waals surface area contributed by atoms with Crippen LogP contribution in [0, 0.1) is 16.7 Å². The molecule has 1 saturated heterocycles. The fourth-order valence-corrected chi connectivity index (χ4v) is 2.18. The van der Waals surface area contributed by atoms with Crippen LogP contribution in [0.2, 0.25) is 0 Å². The molecule has 0 spiro atoms. The summed E-state index contributed by atoms with van der Waals surface area (Å²) in [6.45, 7) is 9.24. The zero-order chi connectivity index (χ0) is 11.9. The van der Waals surface area contributed by atoms with Crippen LogP contribution in [0.3, 0.4) is 0 Å². The third-order valence-electron chi connectivity index (χ3n) is 3.61. The van der Waals surface area contributed by atoms with E-state index in [0.717, 1.165) is 32.4 Å². The van der Waals surface area contributed by atoms with Crippen molar-refractivity contribution < 1.29 is 0 Å². The van der Waals surface area contributed by atoms with Crippen molar-refractivity contribution in [1.82, 2.24) is 4.90 Å². The Morgan fingerprint density at radius 3 is 2.56 bits per heavy atom. The van der Waals surface area contributed by atoms with E-state index in [1.807, 2.05) is 6.08 Å². The summed E-state index contributed by atoms with van der Waals surface area (Å²) in [5.74, 6) is 0. The number of hydrogen-bond acceptors (Lipinski definition) is 2. The van der Waals surface area contributed by atoms with Gasteiger partial charge in [-0.05, 0) is 58.7 Å². The second-order valence-electron chi connectivity index (χ2n) is 5.15. The molecule has 1 heterocycles. The highest BCUT2D eigenvalue weighted by Crippen LogP contribution is 2.29. The SMILES string of the molecule is C=CCCCCCN1CCC(C)(C#N)CC1. The summed E-state index contributed by atoms with van der Waals surface area (Å²) in [6.07, 6.45) is 9.08. The zero-order valence-corrected chi connectivity index (χ0v) is 10.5. The normalized spacial score (nSPS) is 20.2. The van der Waals surface area contributed by atoms with Crippen LogP contribution in [0.4, 0.5) is 0 Å². The summed E-state index contributed by atoms with van der Waals surface area (Å²) in [5.41, 5.74) is -0.0562. The summed E-state index contributed by atoms with van der Waals surface area (Å²) >= 11 is 0. The predicted molar refractivity (Wildman–Crippen MR) is 68.1 cm³/mol. The minimum atomic E-state index is -0.0562. The highest BCUT2D eigenvalue weighted by atomic mass is 15.1. The van der Waals surface area contributed by atoms with E-state index in [2.05, 4.69) is 24.5 Å². The topological polar surface area (TPSA) is 27.0 Å². The highest BCUT2D eigenvalue weighted by molar-refractivity contribution is 4.98. The van der Waals surface area contributed by atoms with E-state index in [9.17, 15) is 0 Å². The number of nitriles is 1. The Bertz CT molecular complexity index is 244. The molecule has 0 amide bonds. The Hall–Kier alpha value is -0.810. The molecular weight excluding hydrogens is 196 g/mol. The minimum absolute atomic E-state index is 0.0562. The van der Waals surface area contributed by atoms with Crippen LogP contribution in [0.15, 0.2) is 12.7 Å². The molecule has 0 atom stereocenters. The molecule has 1 aliphatic heterocycles. The van der Waals surface area contributed by atoms with Gasteiger partial charge in [0.25, 0.3) is 0 Å². The molecule has 0 saturated carbocycles. The number of nitrogens with zero attached hydrogens (tertiary/aromatic N) is 2. The van der Waals surface area contributed by atoms with Crippen LogP contribution in [-0.4, -0.2) is 24.5 Å². The van der Waals surface area contributed by atoms with Crippen molar-refractivity contribution in [2.24, 2.45) is 5.41 Å². The molecule has 0 aromatic rings. The zero-order valence-electron chi connectivity index (χ0n) is 10.5. The Kier molecular flexibility index (Phi) is 5.55. The van der Waals surface area contributed by atoms with Gasteiger partial charge in [0.2, 0.25) is 0 Å². The van der Waals surface area contributed by atoms with Gasteiger partial charge >= 0.3 is 0 Å². The van der Waals surface area contributed by atoms with Gasteiger partial charge in [-0.15, -0.1) is 6.58 Å². The van der Waals surface area contributed by atoms with E-state index in [-0.39, 0.29) is 5.41 Å². The molecule has 16 heavy (non-hydrogen) atoms. The molecule has 0 bridgehead atoms. The van der Waals surface area contributed by atoms with Gasteiger partial charge in [-0.3, -0.25) is 0 Å². The second-order valence-corrected chi connectivity index (χ2v) is 5.15. The van der Waals surface area contributed by atoms with Crippen molar-refractivity contribution >= 4 is 0 Å². The third kappa shape index (κ3) is 4.37. The molecule has 0 unspecified atom stereocenters. The van der Waals surface area contributed by atoms with Crippen molar-refractivity contribution in [3.8, 4) is 6.07 Å². The largest absolute Gasteiger partial charge is 0.303 e. The lowest BCUT2D eigenvalue weighted by molar-refractivity contribution is 0.154. The lowest BCUT2D eigenvalue weighted by atomic mass is 9.82. The smallest absolute Gasteiger partial charge is 0.0687 e. The molecule has 1 fully saturated rings. The van der Waals surface area contributed by atoms with E-state index in [4.69, 9.17) is 5.26 Å². The molecule has 1 rings (SSSR count). The van der Waals surface area contributed by atoms with E-state index in [1.54, 1.807) is 0 Å². The maximum atomic E-state index is 9.03. The average Bonchev–Trinajstić information content (AvgIpc) is 2.31.